The molecule has 0 aliphatic heterocycles. The van der Waals surface area contributed by atoms with Gasteiger partial charge in [-0.3, -0.25) is 25.0 Å². The summed E-state index contributed by atoms with van der Waals surface area (Å²) in [6.45, 7) is 0.233. The molecule has 2 heterocycles. The monoisotopic (exact) mass is 417 g/mol. The largest absolute Gasteiger partial charge is 0.478 e. The predicted octanol–water partition coefficient (Wildman–Crippen LogP) is 1.17. The Morgan fingerprint density at radius 2 is 1.40 bits per heavy atom. The van der Waals surface area contributed by atoms with E-state index in [0.29, 0.717) is 0 Å². The minimum absolute atomic E-state index is 0.0656. The van der Waals surface area contributed by atoms with Gasteiger partial charge in [0.1, 0.15) is 0 Å². The van der Waals surface area contributed by atoms with Crippen LogP contribution < -0.4 is 16.4 Å². The van der Waals surface area contributed by atoms with E-state index in [1.54, 1.807) is 12.2 Å². The molecule has 0 aliphatic carbocycles. The van der Waals surface area contributed by atoms with Crippen molar-refractivity contribution in [2.24, 2.45) is 5.73 Å². The maximum atomic E-state index is 11.1. The summed E-state index contributed by atoms with van der Waals surface area (Å²) in [5, 5.41) is 36.4. The van der Waals surface area contributed by atoms with Gasteiger partial charge in [-0.05, 0) is 0 Å². The molecule has 0 unspecified atom stereocenters. The number of carboxylic acids is 1. The van der Waals surface area contributed by atoms with Crippen molar-refractivity contribution < 1.29 is 24.5 Å². The first kappa shape index (κ1) is 21.7. The molecular formula is C16H15N7O7. The zero-order valence-corrected chi connectivity index (χ0v) is 15.1. The minimum Gasteiger partial charge on any atom is -0.478 e. The number of carbonyl (C=O) groups excluding carboxylic acids is 1. The van der Waals surface area contributed by atoms with E-state index < -0.39 is 33.1 Å². The van der Waals surface area contributed by atoms with Crippen LogP contribution in [0, 0.1) is 20.2 Å². The maximum absolute atomic E-state index is 11.1. The maximum Gasteiger partial charge on any atom is 0.337 e. The first-order valence-electron chi connectivity index (χ1n) is 8.15. The second kappa shape index (κ2) is 9.54. The number of carbonyl (C=O) groups is 2. The molecule has 0 spiro atoms. The molecule has 0 atom stereocenters. The Kier molecular flexibility index (Phi) is 6.89. The lowest BCUT2D eigenvalue weighted by Crippen LogP contribution is -2.13. The van der Waals surface area contributed by atoms with Gasteiger partial charge in [0.2, 0.25) is 11.6 Å². The Morgan fingerprint density at radius 3 is 1.80 bits per heavy atom. The lowest BCUT2D eigenvalue weighted by molar-refractivity contribution is -0.384. The number of aromatic carboxylic acids is 1. The van der Waals surface area contributed by atoms with E-state index in [0.717, 1.165) is 24.5 Å². The Morgan fingerprint density at radius 1 is 0.967 bits per heavy atom. The molecule has 1 amide bonds. The highest BCUT2D eigenvalue weighted by Crippen LogP contribution is 2.23. The van der Waals surface area contributed by atoms with Crippen LogP contribution in [0.15, 0.2) is 36.7 Å². The number of primary amides is 1. The molecule has 0 aromatic carbocycles. The molecule has 2 rings (SSSR count). The Labute approximate surface area is 167 Å². The number of hydrogen-bond donors (Lipinski definition) is 4. The molecule has 30 heavy (non-hydrogen) atoms. The molecule has 14 heteroatoms. The van der Waals surface area contributed by atoms with E-state index in [9.17, 15) is 29.8 Å². The van der Waals surface area contributed by atoms with E-state index in [2.05, 4.69) is 20.6 Å². The number of carboxylic acid groups (broad SMARTS) is 1. The van der Waals surface area contributed by atoms with Crippen molar-refractivity contribution in [2.45, 2.75) is 0 Å². The van der Waals surface area contributed by atoms with Gasteiger partial charge in [0.05, 0.1) is 21.0 Å². The molecule has 14 nitrogen and oxygen atoms in total. The molecule has 156 valence electrons. The van der Waals surface area contributed by atoms with Crippen LogP contribution in [0.4, 0.5) is 23.0 Å². The molecule has 5 N–H and O–H groups in total. The molecule has 0 radical (unpaired) electrons. The highest BCUT2D eigenvalue weighted by atomic mass is 16.6. The zero-order chi connectivity index (χ0) is 22.3. The Hall–Kier alpha value is -4.62. The third kappa shape index (κ3) is 5.44. The smallest absolute Gasteiger partial charge is 0.337 e. The van der Waals surface area contributed by atoms with Gasteiger partial charge in [-0.15, -0.1) is 0 Å². The van der Waals surface area contributed by atoms with Crippen LogP contribution in [-0.4, -0.2) is 49.9 Å². The van der Waals surface area contributed by atoms with Crippen LogP contribution in [0.5, 0.6) is 0 Å². The van der Waals surface area contributed by atoms with Crippen LogP contribution in [-0.2, 0) is 0 Å². The first-order chi connectivity index (χ1) is 14.2. The van der Waals surface area contributed by atoms with E-state index in [4.69, 9.17) is 10.8 Å². The van der Waals surface area contributed by atoms with Crippen LogP contribution in [0.25, 0.3) is 0 Å². The van der Waals surface area contributed by atoms with Gasteiger partial charge in [-0.2, -0.15) is 0 Å². The van der Waals surface area contributed by atoms with Gasteiger partial charge in [0.15, 0.2) is 0 Å². The van der Waals surface area contributed by atoms with Gasteiger partial charge < -0.3 is 21.5 Å². The molecule has 0 bridgehead atoms. The first-order valence-corrected chi connectivity index (χ1v) is 8.15. The van der Waals surface area contributed by atoms with E-state index in [1.165, 1.54) is 0 Å². The number of rotatable bonds is 10. The van der Waals surface area contributed by atoms with Gasteiger partial charge in [-0.25, -0.2) is 14.8 Å². The molecule has 0 saturated carbocycles. The average Bonchev–Trinajstić information content (AvgIpc) is 2.70. The fraction of sp³-hybridized carbons (Fsp3) is 0.125. The fourth-order valence-electron chi connectivity index (χ4n) is 2.19. The summed E-state index contributed by atoms with van der Waals surface area (Å²) in [6.07, 6.45) is 5.23. The highest BCUT2D eigenvalue weighted by molar-refractivity contribution is 5.93. The SMILES string of the molecule is NC(=O)c1cnc(NC/C=C/CNc2ncc(C(=O)O)cc2[N+](=O)[O-])c([N+](=O)[O-])c1. The number of pyridine rings is 2. The Bertz CT molecular complexity index is 957. The molecule has 2 aromatic rings. The van der Waals surface area contributed by atoms with Crippen LogP contribution in [0.1, 0.15) is 20.7 Å². The number of aromatic nitrogens is 2. The molecule has 0 fully saturated rings. The van der Waals surface area contributed by atoms with Crippen LogP contribution in [0.3, 0.4) is 0 Å². The second-order valence-electron chi connectivity index (χ2n) is 5.60. The number of anilines is 2. The van der Waals surface area contributed by atoms with E-state index >= 15 is 0 Å². The summed E-state index contributed by atoms with van der Waals surface area (Å²) >= 11 is 0. The normalized spacial score (nSPS) is 10.5. The molecular weight excluding hydrogens is 402 g/mol. The van der Waals surface area contributed by atoms with Crippen molar-refractivity contribution in [1.82, 2.24) is 9.97 Å². The summed E-state index contributed by atoms with van der Waals surface area (Å²) < 4.78 is 0. The van der Waals surface area contributed by atoms with Gasteiger partial charge in [0, 0.05) is 37.6 Å². The van der Waals surface area contributed by atoms with Crippen molar-refractivity contribution in [3.05, 3.63) is 68.0 Å². The minimum atomic E-state index is -1.34. The fourth-order valence-corrected chi connectivity index (χ4v) is 2.19. The van der Waals surface area contributed by atoms with Crippen molar-refractivity contribution in [2.75, 3.05) is 23.7 Å². The van der Waals surface area contributed by atoms with Crippen molar-refractivity contribution in [3.63, 3.8) is 0 Å². The van der Waals surface area contributed by atoms with E-state index in [1.807, 2.05) is 0 Å². The summed E-state index contributed by atoms with van der Waals surface area (Å²) in [5.41, 5.74) is 3.74. The van der Waals surface area contributed by atoms with Gasteiger partial charge in [-0.1, -0.05) is 12.2 Å². The number of nitro groups is 2. The van der Waals surface area contributed by atoms with Crippen LogP contribution >= 0.6 is 0 Å². The van der Waals surface area contributed by atoms with Gasteiger partial charge >= 0.3 is 17.3 Å². The van der Waals surface area contributed by atoms with Crippen LogP contribution in [0.2, 0.25) is 0 Å². The van der Waals surface area contributed by atoms with Crippen molar-refractivity contribution in [3.8, 4) is 0 Å². The summed E-state index contributed by atoms with van der Waals surface area (Å²) in [5.74, 6) is -2.36. The second-order valence-corrected chi connectivity index (χ2v) is 5.60. The topological polar surface area (TPSA) is 217 Å². The average molecular weight is 417 g/mol. The lowest BCUT2D eigenvalue weighted by Gasteiger charge is -2.05. The number of hydrogen-bond acceptors (Lipinski definition) is 10. The third-order valence-corrected chi connectivity index (χ3v) is 3.60. The standard InChI is InChI=1S/C16H15N7O7/c17-13(24)9-5-11(22(27)28)14(20-7-9)18-3-1-2-4-19-15-12(23(29)30)6-10(8-21-15)16(25)26/h1-2,5-8H,3-4H2,(H2,17,24)(H,18,20)(H,19,21)(H,25,26)/b2-1+. The highest BCUT2D eigenvalue weighted by Gasteiger charge is 2.19. The lowest BCUT2D eigenvalue weighted by atomic mass is 10.2. The molecule has 0 aliphatic rings. The molecule has 2 aromatic heterocycles. The van der Waals surface area contributed by atoms with E-state index in [-0.39, 0.29) is 35.9 Å². The summed E-state index contributed by atoms with van der Waals surface area (Å²) in [7, 11) is 0. The zero-order valence-electron chi connectivity index (χ0n) is 15.1. The van der Waals surface area contributed by atoms with Crippen molar-refractivity contribution >= 4 is 34.9 Å². The number of amides is 1. The van der Waals surface area contributed by atoms with Gasteiger partial charge in [0.25, 0.3) is 5.91 Å². The quantitative estimate of drug-likeness (QED) is 0.244. The number of nitrogens with two attached hydrogens (primary N) is 1. The van der Waals surface area contributed by atoms with Crippen molar-refractivity contribution in [1.29, 1.82) is 0 Å². The number of nitrogens with one attached hydrogen (secondary N) is 2. The third-order valence-electron chi connectivity index (χ3n) is 3.60. The summed E-state index contributed by atoms with van der Waals surface area (Å²) in [6, 6.07) is 1.90. The Balaban J connectivity index is 1.97. The number of nitrogens with zero attached hydrogens (tertiary/aromatic N) is 4. The summed E-state index contributed by atoms with van der Waals surface area (Å²) in [4.78, 5) is 50.2. The molecule has 0 saturated heterocycles. The predicted molar refractivity (Wildman–Crippen MR) is 103 cm³/mol.